The molecule has 4 nitrogen and oxygen atoms in total. The summed E-state index contributed by atoms with van der Waals surface area (Å²) < 4.78 is 0. The van der Waals surface area contributed by atoms with Gasteiger partial charge in [-0.3, -0.25) is 9.59 Å². The van der Waals surface area contributed by atoms with Gasteiger partial charge in [-0.15, -0.1) is 0 Å². The molecule has 0 spiro atoms. The maximum Gasteiger partial charge on any atom is 0.253 e. The van der Waals surface area contributed by atoms with Gasteiger partial charge in [0.1, 0.15) is 0 Å². The van der Waals surface area contributed by atoms with E-state index >= 15 is 0 Å². The van der Waals surface area contributed by atoms with Gasteiger partial charge in [-0.05, 0) is 55.4 Å². The van der Waals surface area contributed by atoms with E-state index in [1.54, 1.807) is 23.1 Å². The molecule has 2 fully saturated rings. The van der Waals surface area contributed by atoms with E-state index in [2.05, 4.69) is 24.3 Å². The first kappa shape index (κ1) is 19.0. The average Bonchev–Trinajstić information content (AvgIpc) is 3.15. The Morgan fingerprint density at radius 2 is 1.79 bits per heavy atom. The number of hydrogen-bond donors (Lipinski definition) is 0. The number of rotatable bonds is 4. The van der Waals surface area contributed by atoms with E-state index in [0.717, 1.165) is 38.8 Å². The van der Waals surface area contributed by atoms with E-state index in [9.17, 15) is 9.59 Å². The Kier molecular flexibility index (Phi) is 5.67. The summed E-state index contributed by atoms with van der Waals surface area (Å²) in [4.78, 5) is 28.7. The van der Waals surface area contributed by atoms with Gasteiger partial charge in [0.25, 0.3) is 5.91 Å². The number of anilines is 1. The number of nitrogens with zero attached hydrogens (tertiary/aromatic N) is 2. The smallest absolute Gasteiger partial charge is 0.253 e. The fourth-order valence-corrected chi connectivity index (χ4v) is 4.45. The third kappa shape index (κ3) is 4.07. The third-order valence-electron chi connectivity index (χ3n) is 5.83. The molecule has 0 saturated carbocycles. The van der Waals surface area contributed by atoms with Crippen LogP contribution in [0.3, 0.4) is 0 Å². The highest BCUT2D eigenvalue weighted by atomic mass is 35.5. The van der Waals surface area contributed by atoms with Crippen molar-refractivity contribution in [3.05, 3.63) is 64.7 Å². The molecule has 5 heteroatoms. The lowest BCUT2D eigenvalue weighted by atomic mass is 9.90. The van der Waals surface area contributed by atoms with Crippen LogP contribution in [0, 0.1) is 5.92 Å². The second-order valence-corrected chi connectivity index (χ2v) is 8.15. The molecule has 2 saturated heterocycles. The summed E-state index contributed by atoms with van der Waals surface area (Å²) in [6.07, 6.45) is 4.49. The second kappa shape index (κ2) is 8.36. The van der Waals surface area contributed by atoms with Crippen molar-refractivity contribution in [1.82, 2.24) is 4.90 Å². The predicted octanol–water partition coefficient (Wildman–Crippen LogP) is 4.56. The van der Waals surface area contributed by atoms with Gasteiger partial charge < -0.3 is 9.80 Å². The molecule has 146 valence electrons. The summed E-state index contributed by atoms with van der Waals surface area (Å²) in [7, 11) is 0. The number of piperidine rings is 1. The Bertz CT molecular complexity index is 860. The average molecular weight is 397 g/mol. The first-order valence-corrected chi connectivity index (χ1v) is 10.4. The molecule has 0 atom stereocenters. The number of benzene rings is 2. The normalized spacial score (nSPS) is 18.0. The Morgan fingerprint density at radius 1 is 1.04 bits per heavy atom. The minimum Gasteiger partial charge on any atom is -0.339 e. The maximum absolute atomic E-state index is 13.0. The molecule has 2 heterocycles. The summed E-state index contributed by atoms with van der Waals surface area (Å²) in [5, 5.41) is 0.522. The lowest BCUT2D eigenvalue weighted by Crippen LogP contribution is -2.39. The number of hydrogen-bond acceptors (Lipinski definition) is 2. The zero-order chi connectivity index (χ0) is 19.5. The standard InChI is InChI=1S/C23H25ClN2O2/c24-20-9-8-19(16-21(20)26-12-4-7-22(26)27)23(28)25-13-10-18(11-14-25)15-17-5-2-1-3-6-17/h1-3,5-6,8-9,16,18H,4,7,10-15H2. The van der Waals surface area contributed by atoms with Gasteiger partial charge in [0.2, 0.25) is 5.91 Å². The Morgan fingerprint density at radius 3 is 2.46 bits per heavy atom. The van der Waals surface area contributed by atoms with Crippen LogP contribution in [0.25, 0.3) is 0 Å². The van der Waals surface area contributed by atoms with E-state index in [0.29, 0.717) is 35.2 Å². The summed E-state index contributed by atoms with van der Waals surface area (Å²) in [6.45, 7) is 2.22. The van der Waals surface area contributed by atoms with E-state index < -0.39 is 0 Å². The third-order valence-corrected chi connectivity index (χ3v) is 6.15. The van der Waals surface area contributed by atoms with Crippen molar-refractivity contribution in [2.75, 3.05) is 24.5 Å². The molecule has 2 amide bonds. The second-order valence-electron chi connectivity index (χ2n) is 7.74. The van der Waals surface area contributed by atoms with E-state index in [1.807, 2.05) is 11.0 Å². The zero-order valence-corrected chi connectivity index (χ0v) is 16.7. The SMILES string of the molecule is O=C(c1ccc(Cl)c(N2CCCC2=O)c1)N1CCC(Cc2ccccc2)CC1. The van der Waals surface area contributed by atoms with E-state index in [1.165, 1.54) is 5.56 Å². The van der Waals surface area contributed by atoms with Gasteiger partial charge in [0.15, 0.2) is 0 Å². The largest absolute Gasteiger partial charge is 0.339 e. The molecule has 28 heavy (non-hydrogen) atoms. The monoisotopic (exact) mass is 396 g/mol. The minimum absolute atomic E-state index is 0.0303. The highest BCUT2D eigenvalue weighted by Gasteiger charge is 2.27. The molecule has 4 rings (SSSR count). The molecule has 2 aromatic rings. The maximum atomic E-state index is 13.0. The highest BCUT2D eigenvalue weighted by molar-refractivity contribution is 6.34. The van der Waals surface area contributed by atoms with Crippen LogP contribution < -0.4 is 4.90 Å². The van der Waals surface area contributed by atoms with Crippen LogP contribution in [0.1, 0.15) is 41.6 Å². The van der Waals surface area contributed by atoms with Crippen molar-refractivity contribution >= 4 is 29.1 Å². The van der Waals surface area contributed by atoms with Gasteiger partial charge in [-0.2, -0.15) is 0 Å². The van der Waals surface area contributed by atoms with Crippen molar-refractivity contribution in [2.24, 2.45) is 5.92 Å². The number of carbonyl (C=O) groups is 2. The molecule has 2 aromatic carbocycles. The number of likely N-dealkylation sites (tertiary alicyclic amines) is 1. The zero-order valence-electron chi connectivity index (χ0n) is 15.9. The van der Waals surface area contributed by atoms with Crippen LogP contribution in [-0.4, -0.2) is 36.3 Å². The summed E-state index contributed by atoms with van der Waals surface area (Å²) in [6, 6.07) is 15.8. The topological polar surface area (TPSA) is 40.6 Å². The van der Waals surface area contributed by atoms with Gasteiger partial charge in [0.05, 0.1) is 10.7 Å². The fourth-order valence-electron chi connectivity index (χ4n) is 4.23. The molecule has 0 unspecified atom stereocenters. The molecule has 0 radical (unpaired) electrons. The Balaban J connectivity index is 1.41. The molecule has 0 aromatic heterocycles. The molecule has 2 aliphatic rings. The highest BCUT2D eigenvalue weighted by Crippen LogP contribution is 2.31. The quantitative estimate of drug-likeness (QED) is 0.760. The molecule has 0 N–H and O–H groups in total. The Hall–Kier alpha value is -2.33. The minimum atomic E-state index is 0.0303. The number of amides is 2. The lowest BCUT2D eigenvalue weighted by molar-refractivity contribution is -0.117. The van der Waals surface area contributed by atoms with Gasteiger partial charge in [-0.1, -0.05) is 41.9 Å². The first-order chi connectivity index (χ1) is 13.6. The Labute approximate surface area is 171 Å². The van der Waals surface area contributed by atoms with Crippen molar-refractivity contribution < 1.29 is 9.59 Å². The van der Waals surface area contributed by atoms with Crippen LogP contribution in [0.15, 0.2) is 48.5 Å². The molecule has 0 bridgehead atoms. The van der Waals surface area contributed by atoms with Crippen molar-refractivity contribution in [3.63, 3.8) is 0 Å². The van der Waals surface area contributed by atoms with Crippen LogP contribution in [0.5, 0.6) is 0 Å². The van der Waals surface area contributed by atoms with Gasteiger partial charge in [0, 0.05) is 31.6 Å². The van der Waals surface area contributed by atoms with Gasteiger partial charge in [-0.25, -0.2) is 0 Å². The number of halogens is 1. The van der Waals surface area contributed by atoms with Crippen molar-refractivity contribution in [3.8, 4) is 0 Å². The van der Waals surface area contributed by atoms with E-state index in [-0.39, 0.29) is 11.8 Å². The van der Waals surface area contributed by atoms with Crippen LogP contribution >= 0.6 is 11.6 Å². The fraction of sp³-hybridized carbons (Fsp3) is 0.391. The predicted molar refractivity (Wildman–Crippen MR) is 112 cm³/mol. The molecule has 2 aliphatic heterocycles. The molecule has 0 aliphatic carbocycles. The first-order valence-electron chi connectivity index (χ1n) is 10.0. The van der Waals surface area contributed by atoms with Crippen molar-refractivity contribution in [1.29, 1.82) is 0 Å². The molecular formula is C23H25ClN2O2. The molecular weight excluding hydrogens is 372 g/mol. The van der Waals surface area contributed by atoms with E-state index in [4.69, 9.17) is 11.6 Å². The lowest BCUT2D eigenvalue weighted by Gasteiger charge is -2.32. The summed E-state index contributed by atoms with van der Waals surface area (Å²) in [5.74, 6) is 0.727. The summed E-state index contributed by atoms with van der Waals surface area (Å²) >= 11 is 6.31. The van der Waals surface area contributed by atoms with Crippen LogP contribution in [0.4, 0.5) is 5.69 Å². The van der Waals surface area contributed by atoms with Gasteiger partial charge >= 0.3 is 0 Å². The van der Waals surface area contributed by atoms with Crippen LogP contribution in [-0.2, 0) is 11.2 Å². The summed E-state index contributed by atoms with van der Waals surface area (Å²) in [5.41, 5.74) is 2.64. The van der Waals surface area contributed by atoms with Crippen molar-refractivity contribution in [2.45, 2.75) is 32.1 Å². The number of carbonyl (C=O) groups excluding carboxylic acids is 2. The van der Waals surface area contributed by atoms with Crippen LogP contribution in [0.2, 0.25) is 5.02 Å².